The Morgan fingerprint density at radius 2 is 1.70 bits per heavy atom. The summed E-state index contributed by atoms with van der Waals surface area (Å²) in [6.07, 6.45) is 12.2. The summed E-state index contributed by atoms with van der Waals surface area (Å²) >= 11 is 0. The largest absolute Gasteiger partial charge is 0.623 e. The molecule has 0 radical (unpaired) electrons. The first-order chi connectivity index (χ1) is 10.7. The van der Waals surface area contributed by atoms with Crippen LogP contribution in [0.1, 0.15) is 43.5 Å². The van der Waals surface area contributed by atoms with Crippen LogP contribution in [0.4, 0.5) is 0 Å². The standard InChI is InChI=1S/C18H24N4O/c1-8-10-21(11-9-2)12-16-14(3)20-17(15(4)19-16)13-22(23)18(5,6)7/h1-2,13H,10-12H2,3-7H3/b22-13-. The predicted octanol–water partition coefficient (Wildman–Crippen LogP) is 1.89. The van der Waals surface area contributed by atoms with Crippen molar-refractivity contribution in [3.63, 3.8) is 0 Å². The summed E-state index contributed by atoms with van der Waals surface area (Å²) in [4.78, 5) is 11.0. The van der Waals surface area contributed by atoms with Gasteiger partial charge in [-0.25, -0.2) is 9.72 Å². The summed E-state index contributed by atoms with van der Waals surface area (Å²) in [6, 6.07) is 0. The Kier molecular flexibility index (Phi) is 6.30. The lowest BCUT2D eigenvalue weighted by Crippen LogP contribution is -2.30. The molecular formula is C18H24N4O. The monoisotopic (exact) mass is 312 g/mol. The summed E-state index contributed by atoms with van der Waals surface area (Å²) in [7, 11) is 0. The maximum Gasteiger partial charge on any atom is 0.202 e. The average Bonchev–Trinajstić information content (AvgIpc) is 2.43. The van der Waals surface area contributed by atoms with Gasteiger partial charge < -0.3 is 5.21 Å². The molecule has 1 heterocycles. The Morgan fingerprint density at radius 1 is 1.13 bits per heavy atom. The van der Waals surface area contributed by atoms with Gasteiger partial charge in [-0.05, 0) is 13.8 Å². The van der Waals surface area contributed by atoms with E-state index in [-0.39, 0.29) is 0 Å². The van der Waals surface area contributed by atoms with Crippen molar-refractivity contribution < 1.29 is 4.74 Å². The normalized spacial score (nSPS) is 12.1. The van der Waals surface area contributed by atoms with Gasteiger partial charge in [0.05, 0.1) is 30.2 Å². The van der Waals surface area contributed by atoms with Crippen molar-refractivity contribution >= 4 is 6.21 Å². The summed E-state index contributed by atoms with van der Waals surface area (Å²) in [5.41, 5.74) is 2.35. The molecule has 0 aliphatic rings. The number of terminal acetylenes is 2. The van der Waals surface area contributed by atoms with E-state index in [0.29, 0.717) is 31.0 Å². The number of aromatic nitrogens is 2. The number of hydrogen-bond acceptors (Lipinski definition) is 4. The van der Waals surface area contributed by atoms with Gasteiger partial charge in [-0.2, -0.15) is 0 Å². The molecule has 23 heavy (non-hydrogen) atoms. The SMILES string of the molecule is C#CCN(CC#C)Cc1nc(C)c(/C=[N+](\[O-])C(C)(C)C)nc1C. The van der Waals surface area contributed by atoms with Crippen LogP contribution in [0.25, 0.3) is 0 Å². The molecule has 0 aliphatic heterocycles. The molecule has 1 rings (SSSR count). The number of nitrogens with zero attached hydrogens (tertiary/aromatic N) is 4. The van der Waals surface area contributed by atoms with Crippen molar-refractivity contribution in [1.82, 2.24) is 14.9 Å². The quantitative estimate of drug-likeness (QED) is 0.274. The Labute approximate surface area is 139 Å². The third kappa shape index (κ3) is 5.39. The topological polar surface area (TPSA) is 55.1 Å². The minimum Gasteiger partial charge on any atom is -0.623 e. The van der Waals surface area contributed by atoms with Gasteiger partial charge in [-0.1, -0.05) is 11.8 Å². The fourth-order valence-corrected chi connectivity index (χ4v) is 1.88. The van der Waals surface area contributed by atoms with Crippen LogP contribution < -0.4 is 0 Å². The highest BCUT2D eigenvalue weighted by Crippen LogP contribution is 2.11. The first-order valence-electron chi connectivity index (χ1n) is 7.43. The number of rotatable bonds is 5. The lowest BCUT2D eigenvalue weighted by molar-refractivity contribution is -0.530. The van der Waals surface area contributed by atoms with Crippen LogP contribution in [-0.2, 0) is 6.54 Å². The van der Waals surface area contributed by atoms with Crippen LogP contribution >= 0.6 is 0 Å². The van der Waals surface area contributed by atoms with Gasteiger partial charge in [0.25, 0.3) is 0 Å². The Morgan fingerprint density at radius 3 is 2.17 bits per heavy atom. The molecule has 0 saturated carbocycles. The van der Waals surface area contributed by atoms with Crippen LogP contribution in [0, 0.1) is 43.7 Å². The van der Waals surface area contributed by atoms with Gasteiger partial charge in [0, 0.05) is 27.3 Å². The van der Waals surface area contributed by atoms with Crippen LogP contribution in [0.2, 0.25) is 0 Å². The Bertz CT molecular complexity index is 656. The first kappa shape index (κ1) is 18.7. The van der Waals surface area contributed by atoms with Crippen LogP contribution in [-0.4, -0.2) is 44.4 Å². The molecule has 5 heteroatoms. The second-order valence-electron chi connectivity index (χ2n) is 6.41. The zero-order valence-corrected chi connectivity index (χ0v) is 14.6. The van der Waals surface area contributed by atoms with Gasteiger partial charge in [0.15, 0.2) is 5.54 Å². The predicted molar refractivity (Wildman–Crippen MR) is 93.0 cm³/mol. The molecule has 0 spiro atoms. The van der Waals surface area contributed by atoms with E-state index in [2.05, 4.69) is 21.8 Å². The molecule has 0 amide bonds. The number of hydroxylamine groups is 1. The minimum atomic E-state index is -0.517. The van der Waals surface area contributed by atoms with Crippen molar-refractivity contribution in [2.45, 2.75) is 46.7 Å². The molecule has 122 valence electrons. The van der Waals surface area contributed by atoms with Crippen LogP contribution in [0.5, 0.6) is 0 Å². The molecule has 0 saturated heterocycles. The third-order valence-corrected chi connectivity index (χ3v) is 3.28. The van der Waals surface area contributed by atoms with E-state index < -0.39 is 5.54 Å². The highest BCUT2D eigenvalue weighted by atomic mass is 16.5. The second kappa shape index (κ2) is 7.76. The maximum absolute atomic E-state index is 12.1. The van der Waals surface area contributed by atoms with E-state index in [9.17, 15) is 5.21 Å². The Hall–Kier alpha value is -2.37. The summed E-state index contributed by atoms with van der Waals surface area (Å²) in [6.45, 7) is 10.7. The summed E-state index contributed by atoms with van der Waals surface area (Å²) in [5, 5.41) is 12.1. The van der Waals surface area contributed by atoms with E-state index in [1.54, 1.807) is 0 Å². The van der Waals surface area contributed by atoms with Crippen molar-refractivity contribution in [1.29, 1.82) is 0 Å². The van der Waals surface area contributed by atoms with Crippen LogP contribution in [0.15, 0.2) is 0 Å². The van der Waals surface area contributed by atoms with E-state index >= 15 is 0 Å². The molecule has 0 unspecified atom stereocenters. The summed E-state index contributed by atoms with van der Waals surface area (Å²) < 4.78 is 0.895. The maximum atomic E-state index is 12.1. The van der Waals surface area contributed by atoms with Crippen molar-refractivity contribution in [3.05, 3.63) is 28.0 Å². The molecule has 5 nitrogen and oxygen atoms in total. The molecule has 0 aliphatic carbocycles. The molecule has 0 N–H and O–H groups in total. The molecule has 0 fully saturated rings. The molecule has 1 aromatic rings. The van der Waals surface area contributed by atoms with Gasteiger partial charge in [0.2, 0.25) is 6.21 Å². The van der Waals surface area contributed by atoms with Gasteiger partial charge in [0.1, 0.15) is 5.69 Å². The summed E-state index contributed by atoms with van der Waals surface area (Å²) in [5.74, 6) is 5.18. The zero-order chi connectivity index (χ0) is 17.6. The highest BCUT2D eigenvalue weighted by Gasteiger charge is 2.20. The van der Waals surface area contributed by atoms with E-state index in [0.717, 1.165) is 16.1 Å². The lowest BCUT2D eigenvalue weighted by Gasteiger charge is -2.19. The van der Waals surface area contributed by atoms with Gasteiger partial charge >= 0.3 is 0 Å². The molecule has 0 aromatic carbocycles. The van der Waals surface area contributed by atoms with Gasteiger partial charge in [-0.15, -0.1) is 12.8 Å². The molecule has 1 aromatic heterocycles. The smallest absolute Gasteiger partial charge is 0.202 e. The Balaban J connectivity index is 3.11. The zero-order valence-electron chi connectivity index (χ0n) is 14.6. The van der Waals surface area contributed by atoms with Crippen molar-refractivity contribution in [2.24, 2.45) is 0 Å². The fourth-order valence-electron chi connectivity index (χ4n) is 1.88. The third-order valence-electron chi connectivity index (χ3n) is 3.28. The number of aryl methyl sites for hydroxylation is 2. The van der Waals surface area contributed by atoms with Crippen molar-refractivity contribution in [2.75, 3.05) is 13.1 Å². The van der Waals surface area contributed by atoms with E-state index in [4.69, 9.17) is 12.8 Å². The van der Waals surface area contributed by atoms with Crippen molar-refractivity contribution in [3.8, 4) is 24.7 Å². The van der Waals surface area contributed by atoms with Crippen LogP contribution in [0.3, 0.4) is 0 Å². The molecular weight excluding hydrogens is 288 g/mol. The van der Waals surface area contributed by atoms with Gasteiger partial charge in [-0.3, -0.25) is 9.88 Å². The molecule has 0 bridgehead atoms. The average molecular weight is 312 g/mol. The van der Waals surface area contributed by atoms with E-state index in [1.807, 2.05) is 39.5 Å². The second-order valence-corrected chi connectivity index (χ2v) is 6.41. The molecule has 0 atom stereocenters. The number of hydrogen-bond donors (Lipinski definition) is 0. The van der Waals surface area contributed by atoms with E-state index in [1.165, 1.54) is 6.21 Å². The highest BCUT2D eigenvalue weighted by molar-refractivity contribution is 5.74. The fraction of sp³-hybridized carbons (Fsp3) is 0.500. The first-order valence-corrected chi connectivity index (χ1v) is 7.43. The minimum absolute atomic E-state index is 0.455. The lowest BCUT2D eigenvalue weighted by atomic mass is 10.1.